The Morgan fingerprint density at radius 2 is 1.95 bits per heavy atom. The number of rotatable bonds is 8. The van der Waals surface area contributed by atoms with Crippen molar-refractivity contribution in [1.29, 1.82) is 0 Å². The Kier molecular flexibility index (Phi) is 6.64. The van der Waals surface area contributed by atoms with Gasteiger partial charge in [0.2, 0.25) is 10.0 Å². The number of sulfonamides is 1. The Hall–Kier alpha value is -1.11. The van der Waals surface area contributed by atoms with E-state index in [1.54, 1.807) is 19.1 Å². The number of hydrogen-bond donors (Lipinski definition) is 2. The summed E-state index contributed by atoms with van der Waals surface area (Å²) in [5.74, 6) is 0. The quantitative estimate of drug-likeness (QED) is 0.568. The molecule has 0 amide bonds. The second kappa shape index (κ2) is 7.77. The number of nitrogens with two attached hydrogens (primary N) is 1. The fourth-order valence-electron chi connectivity index (χ4n) is 1.93. The second-order valence-electron chi connectivity index (χ2n) is 5.70. The van der Waals surface area contributed by atoms with Crippen LogP contribution in [0.15, 0.2) is 23.1 Å². The van der Waals surface area contributed by atoms with E-state index in [1.165, 1.54) is 6.07 Å². The van der Waals surface area contributed by atoms with Gasteiger partial charge in [0, 0.05) is 18.3 Å². The largest absolute Gasteiger partial charge is 0.399 e. The average Bonchev–Trinajstić information content (AvgIpc) is 2.40. The summed E-state index contributed by atoms with van der Waals surface area (Å²) in [7, 11) is -1.40. The van der Waals surface area contributed by atoms with E-state index in [0.29, 0.717) is 23.8 Å². The summed E-state index contributed by atoms with van der Waals surface area (Å²) in [5, 5.41) is 0. The van der Waals surface area contributed by atoms with Crippen molar-refractivity contribution in [1.82, 2.24) is 9.62 Å². The van der Waals surface area contributed by atoms with Gasteiger partial charge >= 0.3 is 0 Å². The molecule has 1 aromatic rings. The van der Waals surface area contributed by atoms with E-state index >= 15 is 0 Å². The van der Waals surface area contributed by atoms with E-state index < -0.39 is 10.0 Å². The molecule has 1 rings (SSSR count). The smallest absolute Gasteiger partial charge is 0.240 e. The van der Waals surface area contributed by atoms with Crippen LogP contribution in [0.3, 0.4) is 0 Å². The Bertz CT molecular complexity index is 556. The fourth-order valence-corrected chi connectivity index (χ4v) is 3.29. The minimum atomic E-state index is -3.47. The molecule has 5 nitrogen and oxygen atoms in total. The van der Waals surface area contributed by atoms with Gasteiger partial charge in [0.1, 0.15) is 0 Å². The number of benzene rings is 1. The van der Waals surface area contributed by atoms with Crippen molar-refractivity contribution in [3.05, 3.63) is 23.8 Å². The van der Waals surface area contributed by atoms with E-state index in [2.05, 4.69) is 30.5 Å². The van der Waals surface area contributed by atoms with Crippen LogP contribution in [0.5, 0.6) is 0 Å². The summed E-state index contributed by atoms with van der Waals surface area (Å²) >= 11 is 0. The van der Waals surface area contributed by atoms with Crippen LogP contribution in [-0.4, -0.2) is 39.5 Å². The van der Waals surface area contributed by atoms with Crippen LogP contribution in [0.4, 0.5) is 5.69 Å². The summed E-state index contributed by atoms with van der Waals surface area (Å²) in [6.07, 6.45) is 1.78. The van der Waals surface area contributed by atoms with E-state index in [9.17, 15) is 8.42 Å². The minimum absolute atomic E-state index is 0.266. The summed E-state index contributed by atoms with van der Waals surface area (Å²) in [6, 6.07) is 5.44. The molecule has 0 aliphatic carbocycles. The van der Waals surface area contributed by atoms with E-state index in [0.717, 1.165) is 19.4 Å². The van der Waals surface area contributed by atoms with Gasteiger partial charge in [-0.3, -0.25) is 0 Å². The molecular weight excluding hydrogens is 286 g/mol. The predicted molar refractivity (Wildman–Crippen MR) is 87.8 cm³/mol. The van der Waals surface area contributed by atoms with E-state index in [-0.39, 0.29) is 4.90 Å². The van der Waals surface area contributed by atoms with Gasteiger partial charge in [-0.25, -0.2) is 13.1 Å². The highest BCUT2D eigenvalue weighted by Gasteiger charge is 2.16. The molecule has 0 saturated carbocycles. The third kappa shape index (κ3) is 5.65. The lowest BCUT2D eigenvalue weighted by molar-refractivity contribution is 0.268. The molecular formula is C15H27N3O2S. The molecule has 0 unspecified atom stereocenters. The highest BCUT2D eigenvalue weighted by molar-refractivity contribution is 7.89. The summed E-state index contributed by atoms with van der Waals surface area (Å²) in [4.78, 5) is 2.51. The molecule has 0 radical (unpaired) electrons. The topological polar surface area (TPSA) is 75.4 Å². The van der Waals surface area contributed by atoms with Crippen molar-refractivity contribution in [2.24, 2.45) is 0 Å². The first kappa shape index (κ1) is 17.9. The molecule has 0 saturated heterocycles. The Labute approximate surface area is 128 Å². The van der Waals surface area contributed by atoms with Gasteiger partial charge in [0.15, 0.2) is 0 Å². The monoisotopic (exact) mass is 313 g/mol. The van der Waals surface area contributed by atoms with Crippen LogP contribution >= 0.6 is 0 Å². The van der Waals surface area contributed by atoms with Gasteiger partial charge in [-0.2, -0.15) is 0 Å². The highest BCUT2D eigenvalue weighted by Crippen LogP contribution is 2.18. The Morgan fingerprint density at radius 3 is 2.57 bits per heavy atom. The zero-order valence-electron chi connectivity index (χ0n) is 13.4. The van der Waals surface area contributed by atoms with Gasteiger partial charge in [-0.05, 0) is 64.9 Å². The minimum Gasteiger partial charge on any atom is -0.399 e. The standard InChI is InChI=1S/C15H27N3O2S/c1-12(2)18(4)10-6-5-9-17-21(19,20)15-11-14(16)8-7-13(15)3/h7-8,11-12,17H,5-6,9-10,16H2,1-4H3. The maximum Gasteiger partial charge on any atom is 0.240 e. The third-order valence-electron chi connectivity index (χ3n) is 3.61. The van der Waals surface area contributed by atoms with Crippen molar-refractivity contribution < 1.29 is 8.42 Å². The van der Waals surface area contributed by atoms with Gasteiger partial charge in [-0.1, -0.05) is 6.07 Å². The zero-order valence-corrected chi connectivity index (χ0v) is 14.2. The van der Waals surface area contributed by atoms with E-state index in [1.807, 2.05) is 0 Å². The number of nitrogens with one attached hydrogen (secondary N) is 1. The lowest BCUT2D eigenvalue weighted by Crippen LogP contribution is -2.29. The molecule has 6 heteroatoms. The normalized spacial score (nSPS) is 12.3. The van der Waals surface area contributed by atoms with Crippen molar-refractivity contribution >= 4 is 15.7 Å². The van der Waals surface area contributed by atoms with Gasteiger partial charge in [0.05, 0.1) is 4.90 Å². The molecule has 120 valence electrons. The molecule has 0 aliphatic rings. The van der Waals surface area contributed by atoms with Crippen molar-refractivity contribution in [2.45, 2.75) is 44.6 Å². The first-order valence-corrected chi connectivity index (χ1v) is 8.78. The van der Waals surface area contributed by atoms with E-state index in [4.69, 9.17) is 5.73 Å². The molecule has 3 N–H and O–H groups in total. The summed E-state index contributed by atoms with van der Waals surface area (Å²) < 4.78 is 27.1. The van der Waals surface area contributed by atoms with Crippen LogP contribution < -0.4 is 10.5 Å². The number of anilines is 1. The lowest BCUT2D eigenvalue weighted by Gasteiger charge is -2.20. The van der Waals surface area contributed by atoms with Crippen molar-refractivity contribution in [3.63, 3.8) is 0 Å². The summed E-state index contributed by atoms with van der Waals surface area (Å²) in [5.41, 5.74) is 6.83. The Morgan fingerprint density at radius 1 is 1.29 bits per heavy atom. The highest BCUT2D eigenvalue weighted by atomic mass is 32.2. The SMILES string of the molecule is Cc1ccc(N)cc1S(=O)(=O)NCCCCN(C)C(C)C. The maximum absolute atomic E-state index is 12.2. The zero-order chi connectivity index (χ0) is 16.0. The van der Waals surface area contributed by atoms with Crippen molar-refractivity contribution in [2.75, 3.05) is 25.9 Å². The van der Waals surface area contributed by atoms with Crippen LogP contribution in [0, 0.1) is 6.92 Å². The molecule has 0 aromatic heterocycles. The molecule has 0 fully saturated rings. The number of hydrogen-bond acceptors (Lipinski definition) is 4. The lowest BCUT2D eigenvalue weighted by atomic mass is 10.2. The van der Waals surface area contributed by atoms with Gasteiger partial charge < -0.3 is 10.6 Å². The average molecular weight is 313 g/mol. The van der Waals surface area contributed by atoms with Gasteiger partial charge in [0.25, 0.3) is 0 Å². The second-order valence-corrected chi connectivity index (χ2v) is 7.44. The predicted octanol–water partition coefficient (Wildman–Crippen LogP) is 1.98. The maximum atomic E-state index is 12.2. The molecule has 0 bridgehead atoms. The number of unbranched alkanes of at least 4 members (excludes halogenated alkanes) is 1. The van der Waals surface area contributed by atoms with Crippen LogP contribution in [-0.2, 0) is 10.0 Å². The first-order chi connectivity index (χ1) is 9.74. The fraction of sp³-hybridized carbons (Fsp3) is 0.600. The number of aryl methyl sites for hydroxylation is 1. The molecule has 0 aliphatic heterocycles. The van der Waals surface area contributed by atoms with Crippen LogP contribution in [0.1, 0.15) is 32.3 Å². The van der Waals surface area contributed by atoms with Crippen molar-refractivity contribution in [3.8, 4) is 0 Å². The molecule has 0 atom stereocenters. The molecule has 0 spiro atoms. The molecule has 1 aromatic carbocycles. The molecule has 0 heterocycles. The Balaban J connectivity index is 2.49. The number of nitrogens with zero attached hydrogens (tertiary/aromatic N) is 1. The first-order valence-electron chi connectivity index (χ1n) is 7.30. The van der Waals surface area contributed by atoms with Gasteiger partial charge in [-0.15, -0.1) is 0 Å². The summed E-state index contributed by atoms with van der Waals surface area (Å²) in [6.45, 7) is 7.47. The third-order valence-corrected chi connectivity index (χ3v) is 5.22. The molecule has 21 heavy (non-hydrogen) atoms. The number of nitrogen functional groups attached to an aromatic ring is 1. The van der Waals surface area contributed by atoms with Crippen LogP contribution in [0.25, 0.3) is 0 Å². The van der Waals surface area contributed by atoms with Crippen LogP contribution in [0.2, 0.25) is 0 Å².